The van der Waals surface area contributed by atoms with Crippen molar-refractivity contribution < 1.29 is 4.39 Å². The first-order chi connectivity index (χ1) is 13.2. The highest BCUT2D eigenvalue weighted by Crippen LogP contribution is 2.18. The topological polar surface area (TPSA) is 54.3 Å². The zero-order chi connectivity index (χ0) is 18.6. The predicted octanol–water partition coefficient (Wildman–Crippen LogP) is 2.59. The van der Waals surface area contributed by atoms with Gasteiger partial charge in [0.1, 0.15) is 5.82 Å². The van der Waals surface area contributed by atoms with E-state index >= 15 is 0 Å². The molecule has 1 aromatic carbocycles. The van der Waals surface area contributed by atoms with E-state index < -0.39 is 0 Å². The average Bonchev–Trinajstić information content (AvgIpc) is 3.01. The molecule has 0 saturated carbocycles. The van der Waals surface area contributed by atoms with Crippen LogP contribution in [0.5, 0.6) is 0 Å². The van der Waals surface area contributed by atoms with Gasteiger partial charge in [0, 0.05) is 45.1 Å². The van der Waals surface area contributed by atoms with Crippen LogP contribution >= 0.6 is 11.5 Å². The Labute approximate surface area is 161 Å². The normalized spacial score (nSPS) is 15.5. The van der Waals surface area contributed by atoms with Crippen LogP contribution in [0.25, 0.3) is 10.1 Å². The second kappa shape index (κ2) is 8.14. The summed E-state index contributed by atoms with van der Waals surface area (Å²) in [6.07, 6.45) is 5.53. The fourth-order valence-electron chi connectivity index (χ4n) is 3.41. The molecule has 2 aromatic heterocycles. The Kier molecular flexibility index (Phi) is 5.45. The molecule has 0 atom stereocenters. The first-order valence-corrected chi connectivity index (χ1v) is 10.0. The van der Waals surface area contributed by atoms with Gasteiger partial charge in [0.2, 0.25) is 5.95 Å². The van der Waals surface area contributed by atoms with E-state index in [4.69, 9.17) is 0 Å². The van der Waals surface area contributed by atoms with E-state index in [9.17, 15) is 9.18 Å². The number of aromatic nitrogens is 3. The van der Waals surface area contributed by atoms with Gasteiger partial charge in [0.25, 0.3) is 5.56 Å². The van der Waals surface area contributed by atoms with Crippen LogP contribution in [0.2, 0.25) is 0 Å². The van der Waals surface area contributed by atoms with Crippen molar-refractivity contribution in [2.24, 2.45) is 0 Å². The number of hydrogen-bond acceptors (Lipinski definition) is 6. The number of rotatable bonds is 6. The summed E-state index contributed by atoms with van der Waals surface area (Å²) >= 11 is 1.35. The van der Waals surface area contributed by atoms with Crippen LogP contribution in [0, 0.1) is 5.82 Å². The molecule has 0 aliphatic carbocycles. The van der Waals surface area contributed by atoms with Crippen molar-refractivity contribution in [3.63, 3.8) is 0 Å². The summed E-state index contributed by atoms with van der Waals surface area (Å²) < 4.78 is 15.8. The Balaban J connectivity index is 1.23. The van der Waals surface area contributed by atoms with Crippen molar-refractivity contribution >= 4 is 27.6 Å². The smallest absolute Gasteiger partial charge is 0.268 e. The van der Waals surface area contributed by atoms with Gasteiger partial charge >= 0.3 is 0 Å². The van der Waals surface area contributed by atoms with Crippen LogP contribution in [0.3, 0.4) is 0 Å². The minimum absolute atomic E-state index is 0.00789. The Morgan fingerprint density at radius 2 is 1.78 bits per heavy atom. The largest absolute Gasteiger partial charge is 0.338 e. The minimum Gasteiger partial charge on any atom is -0.338 e. The predicted molar refractivity (Wildman–Crippen MR) is 106 cm³/mol. The van der Waals surface area contributed by atoms with Crippen molar-refractivity contribution in [1.82, 2.24) is 18.8 Å². The molecule has 0 radical (unpaired) electrons. The molecule has 0 unspecified atom stereocenters. The second-order valence-electron chi connectivity index (χ2n) is 6.72. The monoisotopic (exact) mass is 387 g/mol. The molecule has 142 valence electrons. The van der Waals surface area contributed by atoms with Crippen molar-refractivity contribution in [3.8, 4) is 0 Å². The maximum absolute atomic E-state index is 13.3. The number of hydrogen-bond donors (Lipinski definition) is 0. The number of halogens is 1. The van der Waals surface area contributed by atoms with Gasteiger partial charge in [-0.15, -0.1) is 0 Å². The molecule has 1 aliphatic heterocycles. The van der Waals surface area contributed by atoms with Gasteiger partial charge in [0.05, 0.1) is 10.1 Å². The highest BCUT2D eigenvalue weighted by molar-refractivity contribution is 7.13. The third-order valence-corrected chi connectivity index (χ3v) is 6.01. The van der Waals surface area contributed by atoms with Crippen LogP contribution in [-0.2, 0) is 6.54 Å². The van der Waals surface area contributed by atoms with E-state index in [1.807, 2.05) is 6.07 Å². The number of unbranched alkanes of at least 4 members (excludes halogenated alkanes) is 1. The lowest BCUT2D eigenvalue weighted by molar-refractivity contribution is 0.250. The van der Waals surface area contributed by atoms with Crippen molar-refractivity contribution in [1.29, 1.82) is 0 Å². The second-order valence-corrected chi connectivity index (χ2v) is 7.79. The van der Waals surface area contributed by atoms with E-state index in [-0.39, 0.29) is 11.4 Å². The zero-order valence-corrected chi connectivity index (χ0v) is 15.9. The summed E-state index contributed by atoms with van der Waals surface area (Å²) in [6.45, 7) is 5.59. The quantitative estimate of drug-likeness (QED) is 0.609. The fraction of sp³-hybridized carbons (Fsp3) is 0.421. The number of anilines is 1. The summed E-state index contributed by atoms with van der Waals surface area (Å²) in [6, 6.07) is 6.20. The zero-order valence-electron chi connectivity index (χ0n) is 15.1. The molecule has 1 fully saturated rings. The van der Waals surface area contributed by atoms with Gasteiger partial charge in [-0.05, 0) is 43.7 Å². The van der Waals surface area contributed by atoms with Crippen molar-refractivity contribution in [3.05, 3.63) is 52.8 Å². The maximum atomic E-state index is 13.3. The Morgan fingerprint density at radius 1 is 1.04 bits per heavy atom. The number of aryl methyl sites for hydroxylation is 1. The van der Waals surface area contributed by atoms with E-state index in [1.54, 1.807) is 22.4 Å². The van der Waals surface area contributed by atoms with Crippen LogP contribution in [-0.4, -0.2) is 51.5 Å². The SMILES string of the molecule is O=c1c2ccc(F)cc2sn1CCCCN1CCN(c2ncccn2)CC1. The van der Waals surface area contributed by atoms with E-state index in [0.29, 0.717) is 11.9 Å². The molecule has 0 amide bonds. The lowest BCUT2D eigenvalue weighted by atomic mass is 10.2. The average molecular weight is 387 g/mol. The summed E-state index contributed by atoms with van der Waals surface area (Å²) in [5.41, 5.74) is -0.00789. The van der Waals surface area contributed by atoms with Crippen molar-refractivity contribution in [2.75, 3.05) is 37.6 Å². The van der Waals surface area contributed by atoms with Gasteiger partial charge in [-0.1, -0.05) is 11.5 Å². The van der Waals surface area contributed by atoms with E-state index in [1.165, 1.54) is 23.7 Å². The van der Waals surface area contributed by atoms with Crippen LogP contribution in [0.1, 0.15) is 12.8 Å². The first-order valence-electron chi connectivity index (χ1n) is 9.24. The molecule has 8 heteroatoms. The van der Waals surface area contributed by atoms with Gasteiger partial charge in [-0.25, -0.2) is 14.4 Å². The molecule has 0 spiro atoms. The van der Waals surface area contributed by atoms with Gasteiger partial charge in [0.15, 0.2) is 0 Å². The number of benzene rings is 1. The van der Waals surface area contributed by atoms with Crippen molar-refractivity contribution in [2.45, 2.75) is 19.4 Å². The molecular weight excluding hydrogens is 365 g/mol. The molecule has 6 nitrogen and oxygen atoms in total. The van der Waals surface area contributed by atoms with E-state index in [0.717, 1.165) is 56.2 Å². The highest BCUT2D eigenvalue weighted by Gasteiger charge is 2.18. The van der Waals surface area contributed by atoms with Gasteiger partial charge in [-0.2, -0.15) is 0 Å². The standard InChI is InChI=1S/C19H22FN5OS/c20-15-4-5-16-17(14-15)27-25(18(16)26)9-2-1-8-23-10-12-24(13-11-23)19-21-6-3-7-22-19/h3-7,14H,1-2,8-13H2. The third-order valence-electron chi connectivity index (χ3n) is 4.90. The lowest BCUT2D eigenvalue weighted by Gasteiger charge is -2.34. The fourth-order valence-corrected chi connectivity index (χ4v) is 4.46. The van der Waals surface area contributed by atoms with Crippen LogP contribution < -0.4 is 10.5 Å². The maximum Gasteiger partial charge on any atom is 0.268 e. The number of fused-ring (bicyclic) bond motifs is 1. The number of nitrogens with zero attached hydrogens (tertiary/aromatic N) is 5. The van der Waals surface area contributed by atoms with E-state index in [2.05, 4.69) is 19.8 Å². The Morgan fingerprint density at radius 3 is 2.56 bits per heavy atom. The molecule has 0 bridgehead atoms. The molecule has 0 N–H and O–H groups in total. The van der Waals surface area contributed by atoms with Gasteiger partial charge < -0.3 is 4.90 Å². The molecule has 27 heavy (non-hydrogen) atoms. The molecule has 3 heterocycles. The lowest BCUT2D eigenvalue weighted by Crippen LogP contribution is -2.47. The molecular formula is C19H22FN5OS. The summed E-state index contributed by atoms with van der Waals surface area (Å²) in [7, 11) is 0. The van der Waals surface area contributed by atoms with Crippen LogP contribution in [0.4, 0.5) is 10.3 Å². The summed E-state index contributed by atoms with van der Waals surface area (Å²) in [5.74, 6) is 0.508. The molecule has 1 saturated heterocycles. The molecule has 3 aromatic rings. The first kappa shape index (κ1) is 18.1. The summed E-state index contributed by atoms with van der Waals surface area (Å²) in [5, 5.41) is 0.612. The van der Waals surface area contributed by atoms with Crippen LogP contribution in [0.15, 0.2) is 41.5 Å². The Bertz CT molecular complexity index is 950. The molecule has 1 aliphatic rings. The number of piperazine rings is 1. The third kappa shape index (κ3) is 4.17. The summed E-state index contributed by atoms with van der Waals surface area (Å²) in [4.78, 5) is 25.6. The van der Waals surface area contributed by atoms with Gasteiger partial charge in [-0.3, -0.25) is 13.7 Å². The molecule has 4 rings (SSSR count). The Hall–Kier alpha value is -2.32. The highest BCUT2D eigenvalue weighted by atomic mass is 32.1. The minimum atomic E-state index is -0.295.